The zero-order valence-corrected chi connectivity index (χ0v) is 10.1. The average molecular weight is 213 g/mol. The standard InChI is InChI=1S/C12H23NS/c1-3-5-6-7-12(13-4-2)11-8-9-14-10-11/h3,11-13H,1,4-10H2,2H3. The fraction of sp³-hybridized carbons (Fsp3) is 0.833. The quantitative estimate of drug-likeness (QED) is 0.515. The molecule has 2 atom stereocenters. The van der Waals surface area contributed by atoms with Crippen molar-refractivity contribution in [3.63, 3.8) is 0 Å². The van der Waals surface area contributed by atoms with Crippen molar-refractivity contribution in [1.29, 1.82) is 0 Å². The molecule has 1 aliphatic rings. The molecule has 0 saturated carbocycles. The maximum atomic E-state index is 3.78. The van der Waals surface area contributed by atoms with Gasteiger partial charge in [-0.15, -0.1) is 6.58 Å². The maximum absolute atomic E-state index is 3.78. The van der Waals surface area contributed by atoms with E-state index in [-0.39, 0.29) is 0 Å². The molecule has 2 unspecified atom stereocenters. The van der Waals surface area contributed by atoms with E-state index >= 15 is 0 Å². The molecule has 1 heterocycles. The first-order valence-corrected chi connectivity index (χ1v) is 6.96. The molecule has 0 aromatic carbocycles. The van der Waals surface area contributed by atoms with Gasteiger partial charge < -0.3 is 5.32 Å². The summed E-state index contributed by atoms with van der Waals surface area (Å²) in [6, 6.07) is 0.759. The van der Waals surface area contributed by atoms with Crippen LogP contribution in [0.4, 0.5) is 0 Å². The van der Waals surface area contributed by atoms with Crippen LogP contribution in [0.25, 0.3) is 0 Å². The molecule has 0 spiro atoms. The van der Waals surface area contributed by atoms with Crippen molar-refractivity contribution in [2.24, 2.45) is 5.92 Å². The van der Waals surface area contributed by atoms with Crippen molar-refractivity contribution >= 4 is 11.8 Å². The molecule has 1 aliphatic heterocycles. The Hall–Kier alpha value is 0.0500. The van der Waals surface area contributed by atoms with Crippen molar-refractivity contribution in [3.8, 4) is 0 Å². The van der Waals surface area contributed by atoms with Gasteiger partial charge in [0, 0.05) is 6.04 Å². The van der Waals surface area contributed by atoms with Crippen LogP contribution in [-0.4, -0.2) is 24.1 Å². The lowest BCUT2D eigenvalue weighted by atomic mass is 9.94. The Morgan fingerprint density at radius 3 is 3.07 bits per heavy atom. The van der Waals surface area contributed by atoms with Crippen molar-refractivity contribution in [3.05, 3.63) is 12.7 Å². The van der Waals surface area contributed by atoms with Crippen LogP contribution < -0.4 is 5.32 Å². The van der Waals surface area contributed by atoms with Gasteiger partial charge in [0.25, 0.3) is 0 Å². The van der Waals surface area contributed by atoms with Crippen molar-refractivity contribution in [2.75, 3.05) is 18.1 Å². The van der Waals surface area contributed by atoms with Crippen LogP contribution >= 0.6 is 11.8 Å². The molecule has 0 amide bonds. The summed E-state index contributed by atoms with van der Waals surface area (Å²) in [5.41, 5.74) is 0. The fourth-order valence-electron chi connectivity index (χ4n) is 2.12. The molecule has 1 rings (SSSR count). The normalized spacial score (nSPS) is 23.6. The van der Waals surface area contributed by atoms with Gasteiger partial charge in [-0.05, 0) is 49.7 Å². The van der Waals surface area contributed by atoms with E-state index in [0.717, 1.165) is 18.5 Å². The van der Waals surface area contributed by atoms with E-state index in [1.807, 2.05) is 6.08 Å². The van der Waals surface area contributed by atoms with Crippen molar-refractivity contribution in [2.45, 2.75) is 38.6 Å². The summed E-state index contributed by atoms with van der Waals surface area (Å²) >= 11 is 2.12. The number of unbranched alkanes of at least 4 members (excludes halogenated alkanes) is 1. The zero-order chi connectivity index (χ0) is 10.2. The van der Waals surface area contributed by atoms with Crippen molar-refractivity contribution < 1.29 is 0 Å². The van der Waals surface area contributed by atoms with Gasteiger partial charge in [0.05, 0.1) is 0 Å². The summed E-state index contributed by atoms with van der Waals surface area (Å²) in [7, 11) is 0. The number of rotatable bonds is 7. The number of thioether (sulfide) groups is 1. The molecule has 0 aromatic heterocycles. The third-order valence-corrected chi connectivity index (χ3v) is 4.11. The molecule has 0 bridgehead atoms. The number of hydrogen-bond acceptors (Lipinski definition) is 2. The highest BCUT2D eigenvalue weighted by Crippen LogP contribution is 2.28. The summed E-state index contributed by atoms with van der Waals surface area (Å²) in [6.07, 6.45) is 7.23. The minimum atomic E-state index is 0.759. The maximum Gasteiger partial charge on any atom is 0.0103 e. The predicted molar refractivity (Wildman–Crippen MR) is 66.9 cm³/mol. The fourth-order valence-corrected chi connectivity index (χ4v) is 3.46. The second-order valence-corrected chi connectivity index (χ2v) is 5.16. The highest BCUT2D eigenvalue weighted by Gasteiger charge is 2.23. The van der Waals surface area contributed by atoms with Gasteiger partial charge in [-0.2, -0.15) is 11.8 Å². The van der Waals surface area contributed by atoms with Gasteiger partial charge >= 0.3 is 0 Å². The van der Waals surface area contributed by atoms with Gasteiger partial charge in [-0.1, -0.05) is 13.0 Å². The highest BCUT2D eigenvalue weighted by molar-refractivity contribution is 7.99. The first kappa shape index (κ1) is 12.1. The molecule has 0 radical (unpaired) electrons. The van der Waals surface area contributed by atoms with Crippen LogP contribution in [0.1, 0.15) is 32.6 Å². The number of hydrogen-bond donors (Lipinski definition) is 1. The summed E-state index contributed by atoms with van der Waals surface area (Å²) in [4.78, 5) is 0. The van der Waals surface area contributed by atoms with E-state index in [0.29, 0.717) is 0 Å². The van der Waals surface area contributed by atoms with Crippen LogP contribution in [-0.2, 0) is 0 Å². The summed E-state index contributed by atoms with van der Waals surface area (Å²) in [5, 5.41) is 3.64. The van der Waals surface area contributed by atoms with E-state index in [4.69, 9.17) is 0 Å². The Balaban J connectivity index is 2.25. The lowest BCUT2D eigenvalue weighted by molar-refractivity contribution is 0.362. The molecule has 1 saturated heterocycles. The van der Waals surface area contributed by atoms with E-state index in [1.165, 1.54) is 37.2 Å². The van der Waals surface area contributed by atoms with Gasteiger partial charge in [0.15, 0.2) is 0 Å². The lowest BCUT2D eigenvalue weighted by Crippen LogP contribution is -2.36. The summed E-state index contributed by atoms with van der Waals surface area (Å²) in [6.45, 7) is 7.10. The molecule has 2 heteroatoms. The molecule has 0 aromatic rings. The Kier molecular flexibility index (Phi) is 6.37. The molecular weight excluding hydrogens is 190 g/mol. The molecule has 1 fully saturated rings. The van der Waals surface area contributed by atoms with Crippen LogP contribution in [0.15, 0.2) is 12.7 Å². The molecule has 1 N–H and O–H groups in total. The zero-order valence-electron chi connectivity index (χ0n) is 9.30. The first-order chi connectivity index (χ1) is 6.88. The van der Waals surface area contributed by atoms with E-state index in [2.05, 4.69) is 30.6 Å². The Morgan fingerprint density at radius 2 is 2.50 bits per heavy atom. The van der Waals surface area contributed by atoms with Gasteiger partial charge in [-0.3, -0.25) is 0 Å². The summed E-state index contributed by atoms with van der Waals surface area (Å²) < 4.78 is 0. The second kappa shape index (κ2) is 7.36. The van der Waals surface area contributed by atoms with Crippen LogP contribution in [0, 0.1) is 5.92 Å². The monoisotopic (exact) mass is 213 g/mol. The average Bonchev–Trinajstić information content (AvgIpc) is 2.70. The SMILES string of the molecule is C=CCCCC(NCC)C1CCSC1. The molecule has 1 nitrogen and oxygen atoms in total. The predicted octanol–water partition coefficient (Wildman–Crippen LogP) is 3.07. The summed E-state index contributed by atoms with van der Waals surface area (Å²) in [5.74, 6) is 3.66. The van der Waals surface area contributed by atoms with Crippen LogP contribution in [0.5, 0.6) is 0 Å². The van der Waals surface area contributed by atoms with Crippen LogP contribution in [0.3, 0.4) is 0 Å². The first-order valence-electron chi connectivity index (χ1n) is 5.80. The Morgan fingerprint density at radius 1 is 1.64 bits per heavy atom. The van der Waals surface area contributed by atoms with E-state index < -0.39 is 0 Å². The minimum Gasteiger partial charge on any atom is -0.314 e. The third-order valence-electron chi connectivity index (χ3n) is 2.92. The Labute approximate surface area is 92.7 Å². The van der Waals surface area contributed by atoms with Gasteiger partial charge in [-0.25, -0.2) is 0 Å². The minimum absolute atomic E-state index is 0.759. The Bertz CT molecular complexity index is 152. The highest BCUT2D eigenvalue weighted by atomic mass is 32.2. The number of nitrogens with one attached hydrogen (secondary N) is 1. The largest absolute Gasteiger partial charge is 0.314 e. The number of allylic oxidation sites excluding steroid dienone is 1. The van der Waals surface area contributed by atoms with Crippen molar-refractivity contribution in [1.82, 2.24) is 5.32 Å². The lowest BCUT2D eigenvalue weighted by Gasteiger charge is -2.23. The van der Waals surface area contributed by atoms with Crippen LogP contribution in [0.2, 0.25) is 0 Å². The van der Waals surface area contributed by atoms with E-state index in [9.17, 15) is 0 Å². The van der Waals surface area contributed by atoms with Gasteiger partial charge in [0.2, 0.25) is 0 Å². The van der Waals surface area contributed by atoms with Gasteiger partial charge in [0.1, 0.15) is 0 Å². The smallest absolute Gasteiger partial charge is 0.0103 e. The van der Waals surface area contributed by atoms with E-state index in [1.54, 1.807) is 0 Å². The second-order valence-electron chi connectivity index (χ2n) is 4.01. The topological polar surface area (TPSA) is 12.0 Å². The molecule has 14 heavy (non-hydrogen) atoms. The molecule has 82 valence electrons. The third kappa shape index (κ3) is 4.05. The molecule has 0 aliphatic carbocycles. The molecular formula is C12H23NS.